The van der Waals surface area contributed by atoms with Gasteiger partial charge in [0.25, 0.3) is 0 Å². The van der Waals surface area contributed by atoms with Gasteiger partial charge in [-0.1, -0.05) is 45.9 Å². The number of benzene rings is 1. The van der Waals surface area contributed by atoms with E-state index in [1.165, 1.54) is 11.1 Å². The molecule has 1 rings (SSSR count). The second-order valence-electron chi connectivity index (χ2n) is 5.44. The lowest BCUT2D eigenvalue weighted by molar-refractivity contribution is -0.117. The summed E-state index contributed by atoms with van der Waals surface area (Å²) in [7, 11) is 0. The maximum absolute atomic E-state index is 12.1. The topological polar surface area (TPSA) is 46.3 Å². The normalized spacial score (nSPS) is 11.2. The van der Waals surface area contributed by atoms with E-state index in [1.54, 1.807) is 0 Å². The van der Waals surface area contributed by atoms with Gasteiger partial charge in [0.05, 0.1) is 12.2 Å². The van der Waals surface area contributed by atoms with Gasteiger partial charge in [-0.2, -0.15) is 0 Å². The molecule has 106 valence electrons. The number of carbonyl (C=O) groups is 1. The lowest BCUT2D eigenvalue weighted by Crippen LogP contribution is -2.37. The Morgan fingerprint density at radius 1 is 1.16 bits per heavy atom. The minimum Gasteiger partial charge on any atom is -0.322 e. The van der Waals surface area contributed by atoms with Crippen molar-refractivity contribution in [2.24, 2.45) is 5.73 Å². The zero-order valence-electron chi connectivity index (χ0n) is 12.7. The van der Waals surface area contributed by atoms with Crippen molar-refractivity contribution in [3.05, 3.63) is 29.3 Å². The maximum Gasteiger partial charge on any atom is 0.240 e. The largest absolute Gasteiger partial charge is 0.322 e. The Balaban J connectivity index is 3.46. The molecule has 0 aliphatic heterocycles. The van der Waals surface area contributed by atoms with Gasteiger partial charge >= 0.3 is 0 Å². The summed E-state index contributed by atoms with van der Waals surface area (Å²) >= 11 is 0. The number of nitrogens with two attached hydrogens (primary N) is 1. The average molecular weight is 262 g/mol. The van der Waals surface area contributed by atoms with Crippen LogP contribution in [-0.4, -0.2) is 19.0 Å². The Morgan fingerprint density at radius 3 is 1.95 bits per heavy atom. The monoisotopic (exact) mass is 262 g/mol. The minimum absolute atomic E-state index is 0.0162. The number of hydrogen-bond donors (Lipinski definition) is 1. The number of likely N-dealkylation sites (N-methyl/N-ethyl adjacent to an activating group) is 1. The van der Waals surface area contributed by atoms with E-state index in [-0.39, 0.29) is 12.5 Å². The lowest BCUT2D eigenvalue weighted by atomic mass is 9.92. The van der Waals surface area contributed by atoms with Gasteiger partial charge in [0.15, 0.2) is 0 Å². The van der Waals surface area contributed by atoms with Gasteiger partial charge in [-0.15, -0.1) is 0 Å². The molecule has 1 amide bonds. The fourth-order valence-electron chi connectivity index (χ4n) is 2.39. The van der Waals surface area contributed by atoms with E-state index in [0.29, 0.717) is 18.4 Å². The molecule has 3 heteroatoms. The highest BCUT2D eigenvalue weighted by Crippen LogP contribution is 2.35. The van der Waals surface area contributed by atoms with E-state index >= 15 is 0 Å². The second kappa shape index (κ2) is 6.71. The van der Waals surface area contributed by atoms with Crippen molar-refractivity contribution in [3.8, 4) is 0 Å². The van der Waals surface area contributed by atoms with E-state index in [4.69, 9.17) is 5.73 Å². The highest BCUT2D eigenvalue weighted by Gasteiger charge is 2.21. The van der Waals surface area contributed by atoms with Crippen LogP contribution in [0.5, 0.6) is 0 Å². The second-order valence-corrected chi connectivity index (χ2v) is 5.44. The molecular formula is C16H26N2O. The van der Waals surface area contributed by atoms with Crippen LogP contribution in [0.25, 0.3) is 0 Å². The molecule has 0 aliphatic carbocycles. The molecule has 0 atom stereocenters. The lowest BCUT2D eigenvalue weighted by Gasteiger charge is -2.29. The fraction of sp³-hybridized carbons (Fsp3) is 0.562. The summed E-state index contributed by atoms with van der Waals surface area (Å²) in [5.74, 6) is 0.749. The van der Waals surface area contributed by atoms with Crippen LogP contribution in [0, 0.1) is 0 Å². The number of rotatable bonds is 5. The van der Waals surface area contributed by atoms with Crippen molar-refractivity contribution in [1.29, 1.82) is 0 Å². The van der Waals surface area contributed by atoms with E-state index in [0.717, 1.165) is 5.69 Å². The van der Waals surface area contributed by atoms with Gasteiger partial charge in [0.1, 0.15) is 0 Å². The van der Waals surface area contributed by atoms with Crippen molar-refractivity contribution >= 4 is 11.6 Å². The molecule has 19 heavy (non-hydrogen) atoms. The number of hydrogen-bond acceptors (Lipinski definition) is 2. The Labute approximate surface area is 116 Å². The first-order valence-corrected chi connectivity index (χ1v) is 7.07. The Kier molecular flexibility index (Phi) is 5.55. The molecule has 0 radical (unpaired) electrons. The quantitative estimate of drug-likeness (QED) is 0.885. The molecule has 0 fully saturated rings. The molecule has 0 aliphatic rings. The molecule has 0 spiro atoms. The fourth-order valence-corrected chi connectivity index (χ4v) is 2.39. The number of amides is 1. The first-order valence-electron chi connectivity index (χ1n) is 7.07. The van der Waals surface area contributed by atoms with Crippen LogP contribution < -0.4 is 10.6 Å². The highest BCUT2D eigenvalue weighted by molar-refractivity contribution is 5.96. The van der Waals surface area contributed by atoms with Crippen molar-refractivity contribution in [1.82, 2.24) is 0 Å². The van der Waals surface area contributed by atoms with Gasteiger partial charge in [0.2, 0.25) is 5.91 Å². The summed E-state index contributed by atoms with van der Waals surface area (Å²) in [6.45, 7) is 11.3. The maximum atomic E-state index is 12.1. The molecule has 0 aromatic heterocycles. The molecule has 1 aromatic carbocycles. The van der Waals surface area contributed by atoms with Crippen LogP contribution in [0.3, 0.4) is 0 Å². The zero-order valence-corrected chi connectivity index (χ0v) is 12.7. The van der Waals surface area contributed by atoms with Crippen LogP contribution in [0.1, 0.15) is 57.6 Å². The summed E-state index contributed by atoms with van der Waals surface area (Å²) in [4.78, 5) is 13.9. The number of nitrogens with zero attached hydrogens (tertiary/aromatic N) is 1. The number of anilines is 1. The average Bonchev–Trinajstić information content (AvgIpc) is 2.38. The van der Waals surface area contributed by atoms with E-state index in [1.807, 2.05) is 11.8 Å². The predicted octanol–water partition coefficient (Wildman–Crippen LogP) is 3.25. The summed E-state index contributed by atoms with van der Waals surface area (Å²) in [6.07, 6.45) is 0. The third-order valence-electron chi connectivity index (χ3n) is 3.40. The van der Waals surface area contributed by atoms with Gasteiger partial charge in [-0.05, 0) is 29.9 Å². The first-order chi connectivity index (χ1) is 8.93. The minimum atomic E-state index is -0.0162. The zero-order chi connectivity index (χ0) is 14.6. The van der Waals surface area contributed by atoms with Gasteiger partial charge in [-0.3, -0.25) is 4.79 Å². The highest BCUT2D eigenvalue weighted by atomic mass is 16.2. The molecule has 1 aromatic rings. The molecular weight excluding hydrogens is 236 g/mol. The Morgan fingerprint density at radius 2 is 1.63 bits per heavy atom. The van der Waals surface area contributed by atoms with Crippen LogP contribution in [0.4, 0.5) is 5.69 Å². The molecule has 3 nitrogen and oxygen atoms in total. The van der Waals surface area contributed by atoms with Gasteiger partial charge < -0.3 is 10.6 Å². The van der Waals surface area contributed by atoms with Crippen LogP contribution >= 0.6 is 0 Å². The Hall–Kier alpha value is -1.35. The van der Waals surface area contributed by atoms with Crippen LogP contribution in [-0.2, 0) is 4.79 Å². The molecule has 0 saturated carbocycles. The predicted molar refractivity (Wildman–Crippen MR) is 81.7 cm³/mol. The van der Waals surface area contributed by atoms with Crippen molar-refractivity contribution in [3.63, 3.8) is 0 Å². The molecule has 0 saturated heterocycles. The summed E-state index contributed by atoms with van der Waals surface area (Å²) in [5.41, 5.74) is 9.04. The number of carbonyl (C=O) groups excluding carboxylic acids is 1. The third-order valence-corrected chi connectivity index (χ3v) is 3.40. The molecule has 2 N–H and O–H groups in total. The van der Waals surface area contributed by atoms with Gasteiger partial charge in [0, 0.05) is 6.54 Å². The van der Waals surface area contributed by atoms with Gasteiger partial charge in [-0.25, -0.2) is 0 Å². The van der Waals surface area contributed by atoms with Crippen LogP contribution in [0.15, 0.2) is 18.2 Å². The van der Waals surface area contributed by atoms with Crippen molar-refractivity contribution in [2.45, 2.75) is 46.5 Å². The molecule has 0 heterocycles. The standard InChI is InChI=1S/C16H26N2O/c1-6-18(15(19)10-17)16-13(11(2)3)8-7-9-14(16)12(4)5/h7-9,11-12H,6,10,17H2,1-5H3. The summed E-state index contributed by atoms with van der Waals surface area (Å²) in [6, 6.07) is 6.30. The molecule has 0 bridgehead atoms. The summed E-state index contributed by atoms with van der Waals surface area (Å²) < 4.78 is 0. The van der Waals surface area contributed by atoms with E-state index < -0.39 is 0 Å². The SMILES string of the molecule is CCN(C(=O)CN)c1c(C(C)C)cccc1C(C)C. The van der Waals surface area contributed by atoms with E-state index in [9.17, 15) is 4.79 Å². The van der Waals surface area contributed by atoms with Crippen molar-refractivity contribution < 1.29 is 4.79 Å². The number of para-hydroxylation sites is 1. The van der Waals surface area contributed by atoms with Crippen LogP contribution in [0.2, 0.25) is 0 Å². The first kappa shape index (κ1) is 15.7. The smallest absolute Gasteiger partial charge is 0.240 e. The summed E-state index contributed by atoms with van der Waals surface area (Å²) in [5, 5.41) is 0. The third kappa shape index (κ3) is 3.35. The molecule has 0 unspecified atom stereocenters. The van der Waals surface area contributed by atoms with E-state index in [2.05, 4.69) is 45.9 Å². The van der Waals surface area contributed by atoms with Crippen molar-refractivity contribution in [2.75, 3.05) is 18.0 Å². The Bertz CT molecular complexity index is 412.